The number of nitrogens with one attached hydrogen (secondary N) is 2. The van der Waals surface area contributed by atoms with E-state index in [1.165, 1.54) is 35.2 Å². The Morgan fingerprint density at radius 1 is 0.970 bits per heavy atom. The van der Waals surface area contributed by atoms with Gasteiger partial charge in [0.1, 0.15) is 5.82 Å². The maximum absolute atomic E-state index is 13.0. The largest absolute Gasteiger partial charge is 0.356 e. The third-order valence-electron chi connectivity index (χ3n) is 5.03. The van der Waals surface area contributed by atoms with Crippen LogP contribution in [-0.2, 0) is 11.3 Å². The highest BCUT2D eigenvalue weighted by Crippen LogP contribution is 2.26. The molecule has 0 radical (unpaired) electrons. The summed E-state index contributed by atoms with van der Waals surface area (Å²) in [6.45, 7) is 2.50. The molecule has 1 saturated heterocycles. The number of hydrogen-bond donors (Lipinski definition) is 2. The van der Waals surface area contributed by atoms with E-state index in [0.29, 0.717) is 42.2 Å². The minimum absolute atomic E-state index is 0.0131. The number of carbonyl (C=O) groups is 2. The number of rotatable bonds is 7. The molecule has 11 heteroatoms. The number of thioether (sulfide) groups is 1. The van der Waals surface area contributed by atoms with Crippen molar-refractivity contribution in [2.75, 3.05) is 42.6 Å². The lowest BCUT2D eigenvalue weighted by atomic mass is 10.2. The van der Waals surface area contributed by atoms with E-state index in [1.54, 1.807) is 21.9 Å². The molecule has 2 aromatic carbocycles. The molecule has 3 amide bonds. The molecule has 0 aliphatic carbocycles. The van der Waals surface area contributed by atoms with Gasteiger partial charge in [0.05, 0.1) is 5.75 Å². The molecule has 2 N–H and O–H groups in total. The van der Waals surface area contributed by atoms with Gasteiger partial charge in [-0.2, -0.15) is 0 Å². The molecule has 0 saturated carbocycles. The second kappa shape index (κ2) is 11.1. The normalized spacial score (nSPS) is 13.6. The van der Waals surface area contributed by atoms with Gasteiger partial charge < -0.3 is 20.4 Å². The summed E-state index contributed by atoms with van der Waals surface area (Å²) in [6, 6.07) is 15.4. The summed E-state index contributed by atoms with van der Waals surface area (Å²) >= 11 is 2.72. The highest BCUT2D eigenvalue weighted by molar-refractivity contribution is 8.01. The second-order valence-electron chi connectivity index (χ2n) is 7.31. The zero-order valence-electron chi connectivity index (χ0n) is 17.7. The Morgan fingerprint density at radius 3 is 2.39 bits per heavy atom. The Kier molecular flexibility index (Phi) is 7.74. The summed E-state index contributed by atoms with van der Waals surface area (Å²) in [5.41, 5.74) is 1.69. The van der Waals surface area contributed by atoms with Crippen LogP contribution in [0.2, 0.25) is 0 Å². The lowest BCUT2D eigenvalue weighted by Crippen LogP contribution is -2.52. The van der Waals surface area contributed by atoms with E-state index in [4.69, 9.17) is 0 Å². The maximum Gasteiger partial charge on any atom is 0.321 e. The fourth-order valence-corrected chi connectivity index (χ4v) is 4.87. The van der Waals surface area contributed by atoms with Crippen LogP contribution in [-0.4, -0.2) is 63.9 Å². The van der Waals surface area contributed by atoms with Crippen molar-refractivity contribution in [1.82, 2.24) is 20.0 Å². The van der Waals surface area contributed by atoms with Gasteiger partial charge in [-0.25, -0.2) is 9.18 Å². The number of benzene rings is 2. The minimum atomic E-state index is -0.269. The Morgan fingerprint density at radius 2 is 1.67 bits per heavy atom. The average molecular weight is 487 g/mol. The highest BCUT2D eigenvalue weighted by Gasteiger charge is 2.24. The summed E-state index contributed by atoms with van der Waals surface area (Å²) in [5, 5.41) is 14.9. The standard InChI is InChI=1S/C22H23FN6O2S2/c23-17-8-6-16(7-9-17)14-24-20-26-27-22(33-20)32-15-19(30)28-10-12-29(13-11-28)21(31)25-18-4-2-1-3-5-18/h1-9H,10-15H2,(H,24,26)(H,25,31). The topological polar surface area (TPSA) is 90.5 Å². The first kappa shape index (κ1) is 23.0. The molecule has 0 bridgehead atoms. The smallest absolute Gasteiger partial charge is 0.321 e. The number of anilines is 2. The molecule has 172 valence electrons. The van der Waals surface area contributed by atoms with Crippen molar-refractivity contribution in [3.05, 3.63) is 66.0 Å². The first-order valence-corrected chi connectivity index (χ1v) is 12.2. The van der Waals surface area contributed by atoms with E-state index >= 15 is 0 Å². The molecule has 0 spiro atoms. The molecule has 8 nitrogen and oxygen atoms in total. The Bertz CT molecular complexity index is 1070. The van der Waals surface area contributed by atoms with Crippen LogP contribution >= 0.6 is 23.1 Å². The lowest BCUT2D eigenvalue weighted by molar-refractivity contribution is -0.129. The van der Waals surface area contributed by atoms with E-state index in [9.17, 15) is 14.0 Å². The van der Waals surface area contributed by atoms with Gasteiger partial charge in [-0.05, 0) is 29.8 Å². The van der Waals surface area contributed by atoms with Gasteiger partial charge in [-0.15, -0.1) is 10.2 Å². The predicted molar refractivity (Wildman–Crippen MR) is 128 cm³/mol. The zero-order valence-corrected chi connectivity index (χ0v) is 19.4. The van der Waals surface area contributed by atoms with Crippen molar-refractivity contribution in [3.63, 3.8) is 0 Å². The van der Waals surface area contributed by atoms with Crippen molar-refractivity contribution in [2.45, 2.75) is 10.9 Å². The predicted octanol–water partition coefficient (Wildman–Crippen LogP) is 3.76. The van der Waals surface area contributed by atoms with E-state index in [-0.39, 0.29) is 23.5 Å². The Balaban J connectivity index is 1.17. The molecule has 0 unspecified atom stereocenters. The zero-order chi connectivity index (χ0) is 23.0. The van der Waals surface area contributed by atoms with Crippen LogP contribution < -0.4 is 10.6 Å². The number of hydrogen-bond acceptors (Lipinski definition) is 7. The molecule has 0 atom stereocenters. The lowest BCUT2D eigenvalue weighted by Gasteiger charge is -2.34. The van der Waals surface area contributed by atoms with Crippen LogP contribution in [0.25, 0.3) is 0 Å². The van der Waals surface area contributed by atoms with Crippen LogP contribution in [0.5, 0.6) is 0 Å². The SMILES string of the molecule is O=C(CSc1nnc(NCc2ccc(F)cc2)s1)N1CCN(C(=O)Nc2ccccc2)CC1. The van der Waals surface area contributed by atoms with Crippen molar-refractivity contribution < 1.29 is 14.0 Å². The number of halogens is 1. The van der Waals surface area contributed by atoms with Gasteiger partial charge in [0.2, 0.25) is 11.0 Å². The van der Waals surface area contributed by atoms with Gasteiger partial charge in [0.15, 0.2) is 4.34 Å². The molecule has 1 aliphatic heterocycles. The van der Waals surface area contributed by atoms with Crippen molar-refractivity contribution in [1.29, 1.82) is 0 Å². The third kappa shape index (κ3) is 6.65. The van der Waals surface area contributed by atoms with Gasteiger partial charge in [0, 0.05) is 38.4 Å². The van der Waals surface area contributed by atoms with Crippen LogP contribution in [0.15, 0.2) is 58.9 Å². The van der Waals surface area contributed by atoms with Crippen molar-refractivity contribution >= 4 is 45.9 Å². The number of carbonyl (C=O) groups excluding carboxylic acids is 2. The maximum atomic E-state index is 13.0. The quantitative estimate of drug-likeness (QED) is 0.495. The fraction of sp³-hybridized carbons (Fsp3) is 0.273. The monoisotopic (exact) mass is 486 g/mol. The third-order valence-corrected chi connectivity index (χ3v) is 7.03. The summed E-state index contributed by atoms with van der Waals surface area (Å²) in [5.74, 6) is 0.0111. The molecule has 1 aromatic heterocycles. The van der Waals surface area contributed by atoms with E-state index in [2.05, 4.69) is 20.8 Å². The molecule has 1 aliphatic rings. The Labute approximate surface area is 199 Å². The summed E-state index contributed by atoms with van der Waals surface area (Å²) in [4.78, 5) is 28.5. The fourth-order valence-electron chi connectivity index (χ4n) is 3.22. The van der Waals surface area contributed by atoms with Crippen LogP contribution in [0.3, 0.4) is 0 Å². The van der Waals surface area contributed by atoms with E-state index in [1.807, 2.05) is 30.3 Å². The van der Waals surface area contributed by atoms with Gasteiger partial charge in [-0.1, -0.05) is 53.4 Å². The first-order chi connectivity index (χ1) is 16.1. The number of nitrogens with zero attached hydrogens (tertiary/aromatic N) is 4. The van der Waals surface area contributed by atoms with Gasteiger partial charge in [0.25, 0.3) is 0 Å². The van der Waals surface area contributed by atoms with Crippen LogP contribution in [0.4, 0.5) is 20.0 Å². The van der Waals surface area contributed by atoms with Crippen LogP contribution in [0.1, 0.15) is 5.56 Å². The molecular weight excluding hydrogens is 463 g/mol. The van der Waals surface area contributed by atoms with Gasteiger partial charge in [-0.3, -0.25) is 4.79 Å². The van der Waals surface area contributed by atoms with Crippen molar-refractivity contribution in [2.24, 2.45) is 0 Å². The number of amides is 3. The summed E-state index contributed by atoms with van der Waals surface area (Å²) in [6.07, 6.45) is 0. The number of para-hydroxylation sites is 1. The number of urea groups is 1. The van der Waals surface area contributed by atoms with E-state index in [0.717, 1.165) is 11.3 Å². The summed E-state index contributed by atoms with van der Waals surface area (Å²) < 4.78 is 13.7. The Hall–Kier alpha value is -3.18. The number of aromatic nitrogens is 2. The summed E-state index contributed by atoms with van der Waals surface area (Å²) in [7, 11) is 0. The molecule has 3 aromatic rings. The van der Waals surface area contributed by atoms with Crippen LogP contribution in [0, 0.1) is 5.82 Å². The second-order valence-corrected chi connectivity index (χ2v) is 9.51. The highest BCUT2D eigenvalue weighted by atomic mass is 32.2. The average Bonchev–Trinajstić information content (AvgIpc) is 3.31. The minimum Gasteiger partial charge on any atom is -0.356 e. The molecule has 4 rings (SSSR count). The molecule has 2 heterocycles. The first-order valence-electron chi connectivity index (χ1n) is 10.4. The molecular formula is C22H23FN6O2S2. The van der Waals surface area contributed by atoms with Gasteiger partial charge >= 0.3 is 6.03 Å². The molecule has 1 fully saturated rings. The number of piperazine rings is 1. The molecule has 33 heavy (non-hydrogen) atoms. The van der Waals surface area contributed by atoms with Crippen molar-refractivity contribution in [3.8, 4) is 0 Å². The van der Waals surface area contributed by atoms with E-state index < -0.39 is 0 Å².